The largest absolute Gasteiger partial charge is 0.459 e. The molecule has 0 aliphatic carbocycles. The van der Waals surface area contributed by atoms with Crippen LogP contribution in [0.1, 0.15) is 53.5 Å². The molecule has 7 nitrogen and oxygen atoms in total. The molecule has 0 bridgehead atoms. The number of hydrogen-bond acceptors (Lipinski definition) is 5. The summed E-state index contributed by atoms with van der Waals surface area (Å²) in [5.74, 6) is 1.15. The highest BCUT2D eigenvalue weighted by Crippen LogP contribution is 2.25. The first-order valence-corrected chi connectivity index (χ1v) is 10.5. The minimum absolute atomic E-state index is 0.0279. The molecule has 2 amide bonds. The van der Waals surface area contributed by atoms with Gasteiger partial charge in [0.25, 0.3) is 11.8 Å². The van der Waals surface area contributed by atoms with Crippen LogP contribution in [0.4, 0.5) is 5.82 Å². The molecule has 0 spiro atoms. The van der Waals surface area contributed by atoms with Crippen molar-refractivity contribution < 1.29 is 14.0 Å². The van der Waals surface area contributed by atoms with Gasteiger partial charge in [0, 0.05) is 45.0 Å². The predicted molar refractivity (Wildman–Crippen MR) is 110 cm³/mol. The van der Waals surface area contributed by atoms with E-state index in [0.29, 0.717) is 43.5 Å². The van der Waals surface area contributed by atoms with Crippen molar-refractivity contribution in [3.8, 4) is 0 Å². The molecule has 2 aliphatic heterocycles. The van der Waals surface area contributed by atoms with Crippen molar-refractivity contribution in [3.63, 3.8) is 0 Å². The molecule has 0 aromatic carbocycles. The highest BCUT2D eigenvalue weighted by Gasteiger charge is 2.27. The fourth-order valence-corrected chi connectivity index (χ4v) is 4.26. The van der Waals surface area contributed by atoms with Crippen molar-refractivity contribution >= 4 is 17.6 Å². The van der Waals surface area contributed by atoms with Crippen molar-refractivity contribution in [2.24, 2.45) is 0 Å². The number of aromatic nitrogens is 1. The maximum absolute atomic E-state index is 12.9. The van der Waals surface area contributed by atoms with Crippen LogP contribution >= 0.6 is 0 Å². The van der Waals surface area contributed by atoms with Crippen molar-refractivity contribution in [1.82, 2.24) is 14.8 Å². The maximum atomic E-state index is 12.9. The summed E-state index contributed by atoms with van der Waals surface area (Å²) in [7, 11) is 0. The minimum Gasteiger partial charge on any atom is -0.459 e. The Morgan fingerprint density at radius 2 is 1.79 bits per heavy atom. The number of piperidine rings is 1. The van der Waals surface area contributed by atoms with Gasteiger partial charge in [0.1, 0.15) is 5.82 Å². The average Bonchev–Trinajstić information content (AvgIpc) is 3.33. The number of pyridine rings is 1. The summed E-state index contributed by atoms with van der Waals surface area (Å²) in [6.45, 7) is 5.28. The predicted octanol–water partition coefficient (Wildman–Crippen LogP) is 3.04. The molecule has 7 heteroatoms. The van der Waals surface area contributed by atoms with Gasteiger partial charge >= 0.3 is 0 Å². The Labute approximate surface area is 171 Å². The molecule has 2 aliphatic rings. The molecule has 1 unspecified atom stereocenters. The fourth-order valence-electron chi connectivity index (χ4n) is 4.26. The summed E-state index contributed by atoms with van der Waals surface area (Å²) in [4.78, 5) is 35.7. The number of nitrogens with zero attached hydrogens (tertiary/aromatic N) is 4. The number of amides is 2. The topological polar surface area (TPSA) is 69.9 Å². The molecular formula is C22H28N4O3. The third kappa shape index (κ3) is 4.13. The van der Waals surface area contributed by atoms with E-state index in [1.54, 1.807) is 28.1 Å². The highest BCUT2D eigenvalue weighted by molar-refractivity contribution is 5.95. The summed E-state index contributed by atoms with van der Waals surface area (Å²) >= 11 is 0. The number of hydrogen-bond donors (Lipinski definition) is 0. The van der Waals surface area contributed by atoms with Crippen LogP contribution in [-0.4, -0.2) is 65.4 Å². The van der Waals surface area contributed by atoms with Crippen LogP contribution in [0.2, 0.25) is 0 Å². The number of carbonyl (C=O) groups excluding carboxylic acids is 2. The second-order valence-corrected chi connectivity index (χ2v) is 7.72. The molecule has 29 heavy (non-hydrogen) atoms. The molecule has 2 fully saturated rings. The van der Waals surface area contributed by atoms with Gasteiger partial charge in [-0.05, 0) is 49.9 Å². The molecule has 0 radical (unpaired) electrons. The summed E-state index contributed by atoms with van der Waals surface area (Å²) in [6, 6.07) is 7.76. The van der Waals surface area contributed by atoms with Crippen molar-refractivity contribution in [1.29, 1.82) is 0 Å². The van der Waals surface area contributed by atoms with Gasteiger partial charge in [0.2, 0.25) is 0 Å². The SMILES string of the molecule is CCC1CCCCN1c1ccc(C(=O)N2CCN(C(=O)c3ccco3)CC2)cn1. The van der Waals surface area contributed by atoms with Crippen molar-refractivity contribution in [2.75, 3.05) is 37.6 Å². The highest BCUT2D eigenvalue weighted by atomic mass is 16.3. The van der Waals surface area contributed by atoms with Gasteiger partial charge in [0.15, 0.2) is 5.76 Å². The summed E-state index contributed by atoms with van der Waals surface area (Å²) in [5, 5.41) is 0. The smallest absolute Gasteiger partial charge is 0.289 e. The first-order chi connectivity index (χ1) is 14.2. The normalized spacial score (nSPS) is 20.0. The number of anilines is 1. The lowest BCUT2D eigenvalue weighted by Crippen LogP contribution is -2.50. The summed E-state index contributed by atoms with van der Waals surface area (Å²) < 4.78 is 5.18. The molecule has 0 N–H and O–H groups in total. The molecule has 4 heterocycles. The van der Waals surface area contributed by atoms with Gasteiger partial charge in [-0.15, -0.1) is 0 Å². The summed E-state index contributed by atoms with van der Waals surface area (Å²) in [6.07, 6.45) is 7.98. The average molecular weight is 396 g/mol. The Bertz CT molecular complexity index is 826. The standard InChI is InChI=1S/C22H28N4O3/c1-2-18-6-3-4-10-26(18)20-9-8-17(16-23-20)21(27)24-11-13-25(14-12-24)22(28)19-7-5-15-29-19/h5,7-9,15-16,18H,2-4,6,10-14H2,1H3. The molecule has 2 aromatic rings. The van der Waals surface area contributed by atoms with E-state index in [-0.39, 0.29) is 11.8 Å². The van der Waals surface area contributed by atoms with E-state index >= 15 is 0 Å². The second-order valence-electron chi connectivity index (χ2n) is 7.72. The van der Waals surface area contributed by atoms with Crippen LogP contribution in [-0.2, 0) is 0 Å². The quantitative estimate of drug-likeness (QED) is 0.794. The molecule has 1 atom stereocenters. The van der Waals surface area contributed by atoms with E-state index in [1.165, 1.54) is 25.5 Å². The number of rotatable bonds is 4. The lowest BCUT2D eigenvalue weighted by Gasteiger charge is -2.36. The van der Waals surface area contributed by atoms with Gasteiger partial charge in [0.05, 0.1) is 11.8 Å². The van der Waals surface area contributed by atoms with Gasteiger partial charge in [-0.1, -0.05) is 6.92 Å². The second kappa shape index (κ2) is 8.68. The van der Waals surface area contributed by atoms with Crippen LogP contribution in [0, 0.1) is 0 Å². The molecular weight excluding hydrogens is 368 g/mol. The number of furan rings is 1. The first-order valence-electron chi connectivity index (χ1n) is 10.5. The van der Waals surface area contributed by atoms with Crippen LogP contribution < -0.4 is 4.90 Å². The van der Waals surface area contributed by atoms with Crippen molar-refractivity contribution in [3.05, 3.63) is 48.0 Å². The zero-order valence-corrected chi connectivity index (χ0v) is 16.9. The molecule has 0 saturated carbocycles. The van der Waals surface area contributed by atoms with Crippen LogP contribution in [0.5, 0.6) is 0 Å². The van der Waals surface area contributed by atoms with Gasteiger partial charge in [-0.3, -0.25) is 9.59 Å². The van der Waals surface area contributed by atoms with Crippen LogP contribution in [0.3, 0.4) is 0 Å². The maximum Gasteiger partial charge on any atom is 0.289 e. The Morgan fingerprint density at radius 1 is 1.03 bits per heavy atom. The molecule has 2 aromatic heterocycles. The number of carbonyl (C=O) groups is 2. The van der Waals surface area contributed by atoms with Crippen LogP contribution in [0.15, 0.2) is 41.1 Å². The zero-order chi connectivity index (χ0) is 20.2. The van der Waals surface area contributed by atoms with E-state index < -0.39 is 0 Å². The van der Waals surface area contributed by atoms with Crippen LogP contribution in [0.25, 0.3) is 0 Å². The molecule has 154 valence electrons. The number of piperazine rings is 1. The van der Waals surface area contributed by atoms with Gasteiger partial charge in [-0.25, -0.2) is 4.98 Å². The van der Waals surface area contributed by atoms with E-state index in [2.05, 4.69) is 16.8 Å². The fraction of sp³-hybridized carbons (Fsp3) is 0.500. The van der Waals surface area contributed by atoms with E-state index in [1.807, 2.05) is 12.1 Å². The Balaban J connectivity index is 1.36. The minimum atomic E-state index is -0.125. The molecule has 4 rings (SSSR count). The lowest BCUT2D eigenvalue weighted by atomic mass is 10.00. The monoisotopic (exact) mass is 396 g/mol. The molecule has 2 saturated heterocycles. The van der Waals surface area contributed by atoms with E-state index in [0.717, 1.165) is 18.8 Å². The third-order valence-electron chi connectivity index (χ3n) is 5.97. The Hall–Kier alpha value is -2.83. The van der Waals surface area contributed by atoms with Gasteiger partial charge in [-0.2, -0.15) is 0 Å². The van der Waals surface area contributed by atoms with E-state index in [4.69, 9.17) is 4.42 Å². The Morgan fingerprint density at radius 3 is 2.41 bits per heavy atom. The third-order valence-corrected chi connectivity index (χ3v) is 5.97. The first kappa shape index (κ1) is 19.5. The van der Waals surface area contributed by atoms with Crippen molar-refractivity contribution in [2.45, 2.75) is 38.6 Å². The van der Waals surface area contributed by atoms with Gasteiger partial charge < -0.3 is 19.1 Å². The lowest BCUT2D eigenvalue weighted by molar-refractivity contribution is 0.0518. The zero-order valence-electron chi connectivity index (χ0n) is 16.9. The van der Waals surface area contributed by atoms with E-state index in [9.17, 15) is 9.59 Å². The Kier molecular flexibility index (Phi) is 5.83. The summed E-state index contributed by atoms with van der Waals surface area (Å²) in [5.41, 5.74) is 0.601.